The topological polar surface area (TPSA) is 68.0 Å². The first-order valence-electron chi connectivity index (χ1n) is 8.78. The van der Waals surface area contributed by atoms with Crippen LogP contribution in [0.1, 0.15) is 36.9 Å². The van der Waals surface area contributed by atoms with Crippen LogP contribution in [0.3, 0.4) is 0 Å². The van der Waals surface area contributed by atoms with E-state index in [0.29, 0.717) is 18.1 Å². The lowest BCUT2D eigenvalue weighted by Crippen LogP contribution is -2.33. The minimum atomic E-state index is -0.363. The minimum Gasteiger partial charge on any atom is -0.344 e. The highest BCUT2D eigenvalue weighted by Gasteiger charge is 2.23. The van der Waals surface area contributed by atoms with E-state index in [1.54, 1.807) is 0 Å². The third-order valence-corrected chi connectivity index (χ3v) is 4.14. The molecule has 0 fully saturated rings. The first-order chi connectivity index (χ1) is 12.5. The molecule has 0 saturated carbocycles. The molecule has 0 aliphatic carbocycles. The predicted molar refractivity (Wildman–Crippen MR) is 100 cm³/mol. The monoisotopic (exact) mass is 349 g/mol. The van der Waals surface area contributed by atoms with Crippen LogP contribution in [-0.2, 0) is 11.2 Å². The van der Waals surface area contributed by atoms with Crippen LogP contribution in [0.25, 0.3) is 11.4 Å². The summed E-state index contributed by atoms with van der Waals surface area (Å²) in [4.78, 5) is 16.8. The number of aromatic nitrogens is 2. The molecule has 1 unspecified atom stereocenters. The number of nitrogens with one attached hydrogen (secondary N) is 1. The van der Waals surface area contributed by atoms with E-state index in [2.05, 4.69) is 15.5 Å². The van der Waals surface area contributed by atoms with Crippen molar-refractivity contribution in [2.75, 3.05) is 0 Å². The molecule has 3 aromatic rings. The van der Waals surface area contributed by atoms with Gasteiger partial charge in [0.2, 0.25) is 17.6 Å². The van der Waals surface area contributed by atoms with Gasteiger partial charge in [-0.05, 0) is 18.6 Å². The molecule has 0 bridgehead atoms. The normalized spacial score (nSPS) is 12.2. The van der Waals surface area contributed by atoms with Gasteiger partial charge in [-0.15, -0.1) is 0 Å². The van der Waals surface area contributed by atoms with E-state index >= 15 is 0 Å². The number of carbonyl (C=O) groups is 1. The molecule has 1 aromatic heterocycles. The minimum absolute atomic E-state index is 0.0405. The molecule has 0 aliphatic heterocycles. The molecule has 26 heavy (non-hydrogen) atoms. The van der Waals surface area contributed by atoms with E-state index in [0.717, 1.165) is 16.7 Å². The van der Waals surface area contributed by atoms with Crippen LogP contribution in [0.15, 0.2) is 59.1 Å². The van der Waals surface area contributed by atoms with Gasteiger partial charge < -0.3 is 9.84 Å². The van der Waals surface area contributed by atoms with Gasteiger partial charge in [-0.3, -0.25) is 4.79 Å². The van der Waals surface area contributed by atoms with Crippen LogP contribution < -0.4 is 5.32 Å². The molecule has 2 aromatic carbocycles. The number of aryl methyl sites for hydroxylation is 1. The fourth-order valence-electron chi connectivity index (χ4n) is 2.67. The van der Waals surface area contributed by atoms with Crippen molar-refractivity contribution < 1.29 is 9.32 Å². The van der Waals surface area contributed by atoms with Crippen LogP contribution >= 0.6 is 0 Å². The van der Waals surface area contributed by atoms with Crippen LogP contribution in [0.5, 0.6) is 0 Å². The Morgan fingerprint density at radius 2 is 1.88 bits per heavy atom. The van der Waals surface area contributed by atoms with Crippen molar-refractivity contribution >= 4 is 5.91 Å². The second kappa shape index (κ2) is 7.95. The highest BCUT2D eigenvalue weighted by molar-refractivity contribution is 5.78. The fraction of sp³-hybridized carbons (Fsp3) is 0.286. The molecule has 0 saturated heterocycles. The summed E-state index contributed by atoms with van der Waals surface area (Å²) < 4.78 is 5.50. The standard InChI is InChI=1S/C21H23N3O2/c1-14(2)20(25)22-18(13-16-9-5-4-6-10-16)21-23-19(24-26-21)17-11-7-8-15(3)12-17/h4-12,14,18H,13H2,1-3H3,(H,22,25). The lowest BCUT2D eigenvalue weighted by Gasteiger charge is -2.16. The number of hydrogen-bond acceptors (Lipinski definition) is 4. The Labute approximate surface area is 153 Å². The Balaban J connectivity index is 1.87. The van der Waals surface area contributed by atoms with Crippen molar-refractivity contribution in [2.45, 2.75) is 33.2 Å². The quantitative estimate of drug-likeness (QED) is 0.727. The van der Waals surface area contributed by atoms with Crippen molar-refractivity contribution in [1.29, 1.82) is 0 Å². The van der Waals surface area contributed by atoms with Gasteiger partial charge in [0.1, 0.15) is 6.04 Å². The van der Waals surface area contributed by atoms with E-state index < -0.39 is 0 Å². The van der Waals surface area contributed by atoms with Gasteiger partial charge >= 0.3 is 0 Å². The second-order valence-electron chi connectivity index (χ2n) is 6.73. The predicted octanol–water partition coefficient (Wildman–Crippen LogP) is 4.10. The number of carbonyl (C=O) groups excluding carboxylic acids is 1. The Kier molecular flexibility index (Phi) is 5.46. The maximum absolute atomic E-state index is 12.2. The summed E-state index contributed by atoms with van der Waals surface area (Å²) in [6, 6.07) is 17.5. The zero-order chi connectivity index (χ0) is 18.5. The molecule has 3 rings (SSSR count). The van der Waals surface area contributed by atoms with Crippen molar-refractivity contribution in [3.63, 3.8) is 0 Å². The Morgan fingerprint density at radius 3 is 2.58 bits per heavy atom. The van der Waals surface area contributed by atoms with E-state index in [1.165, 1.54) is 0 Å². The summed E-state index contributed by atoms with van der Waals surface area (Å²) in [6.45, 7) is 5.74. The average molecular weight is 349 g/mol. The van der Waals surface area contributed by atoms with Crippen molar-refractivity contribution in [3.05, 3.63) is 71.6 Å². The van der Waals surface area contributed by atoms with Crippen LogP contribution in [0.4, 0.5) is 0 Å². The van der Waals surface area contributed by atoms with Gasteiger partial charge in [-0.1, -0.05) is 73.1 Å². The summed E-state index contributed by atoms with van der Waals surface area (Å²) in [7, 11) is 0. The maximum Gasteiger partial charge on any atom is 0.249 e. The number of nitrogens with zero attached hydrogens (tertiary/aromatic N) is 2. The third kappa shape index (κ3) is 4.36. The summed E-state index contributed by atoms with van der Waals surface area (Å²) in [5.41, 5.74) is 3.12. The Hall–Kier alpha value is -2.95. The first-order valence-corrected chi connectivity index (χ1v) is 8.78. The first kappa shape index (κ1) is 17.9. The zero-order valence-electron chi connectivity index (χ0n) is 15.3. The van der Waals surface area contributed by atoms with Gasteiger partial charge in [0.25, 0.3) is 0 Å². The highest BCUT2D eigenvalue weighted by Crippen LogP contribution is 2.22. The summed E-state index contributed by atoms with van der Waals surface area (Å²) in [5, 5.41) is 7.13. The van der Waals surface area contributed by atoms with E-state index in [1.807, 2.05) is 75.4 Å². The Bertz CT molecular complexity index is 872. The van der Waals surface area contributed by atoms with E-state index in [-0.39, 0.29) is 17.9 Å². The molecular formula is C21H23N3O2. The second-order valence-corrected chi connectivity index (χ2v) is 6.73. The summed E-state index contributed by atoms with van der Waals surface area (Å²) >= 11 is 0. The van der Waals surface area contributed by atoms with Gasteiger partial charge in [0.15, 0.2) is 0 Å². The van der Waals surface area contributed by atoms with Crippen LogP contribution in [-0.4, -0.2) is 16.0 Å². The molecular weight excluding hydrogens is 326 g/mol. The molecule has 0 radical (unpaired) electrons. The van der Waals surface area contributed by atoms with Gasteiger partial charge in [-0.25, -0.2) is 0 Å². The van der Waals surface area contributed by atoms with Gasteiger partial charge in [0.05, 0.1) is 0 Å². The van der Waals surface area contributed by atoms with E-state index in [4.69, 9.17) is 4.52 Å². The zero-order valence-corrected chi connectivity index (χ0v) is 15.3. The number of amides is 1. The maximum atomic E-state index is 12.2. The SMILES string of the molecule is Cc1cccc(-c2noc(C(Cc3ccccc3)NC(=O)C(C)C)n2)c1. The smallest absolute Gasteiger partial charge is 0.249 e. The summed E-state index contributed by atoms with van der Waals surface area (Å²) in [5.74, 6) is 0.786. The highest BCUT2D eigenvalue weighted by atomic mass is 16.5. The van der Waals surface area contributed by atoms with Crippen LogP contribution in [0.2, 0.25) is 0 Å². The fourth-order valence-corrected chi connectivity index (χ4v) is 2.67. The average Bonchev–Trinajstić information content (AvgIpc) is 3.12. The Morgan fingerprint density at radius 1 is 1.12 bits per heavy atom. The molecule has 1 N–H and O–H groups in total. The molecule has 0 spiro atoms. The lowest BCUT2D eigenvalue weighted by atomic mass is 10.0. The van der Waals surface area contributed by atoms with Crippen molar-refractivity contribution in [1.82, 2.24) is 15.5 Å². The summed E-state index contributed by atoms with van der Waals surface area (Å²) in [6.07, 6.45) is 0.592. The number of benzene rings is 2. The van der Waals surface area contributed by atoms with Gasteiger partial charge in [-0.2, -0.15) is 4.98 Å². The molecule has 0 aliphatic rings. The number of rotatable bonds is 6. The lowest BCUT2D eigenvalue weighted by molar-refractivity contribution is -0.124. The largest absolute Gasteiger partial charge is 0.344 e. The molecule has 134 valence electrons. The molecule has 1 amide bonds. The molecule has 1 heterocycles. The van der Waals surface area contributed by atoms with Crippen molar-refractivity contribution in [3.8, 4) is 11.4 Å². The van der Waals surface area contributed by atoms with Crippen LogP contribution in [0, 0.1) is 12.8 Å². The van der Waals surface area contributed by atoms with Crippen molar-refractivity contribution in [2.24, 2.45) is 5.92 Å². The molecule has 1 atom stereocenters. The number of hydrogen-bond donors (Lipinski definition) is 1. The third-order valence-electron chi connectivity index (χ3n) is 4.14. The molecule has 5 heteroatoms. The molecule has 5 nitrogen and oxygen atoms in total. The van der Waals surface area contributed by atoms with E-state index in [9.17, 15) is 4.79 Å². The van der Waals surface area contributed by atoms with Gasteiger partial charge in [0, 0.05) is 17.9 Å².